The first-order valence-electron chi connectivity index (χ1n) is 4.39. The van der Waals surface area contributed by atoms with Gasteiger partial charge >= 0.3 is 0 Å². The summed E-state index contributed by atoms with van der Waals surface area (Å²) in [6, 6.07) is 5.37. The zero-order valence-corrected chi connectivity index (χ0v) is 8.77. The molecule has 0 radical (unpaired) electrons. The minimum Gasteiger partial charge on any atom is -0.491 e. The predicted octanol–water partition coefficient (Wildman–Crippen LogP) is 2.41. The van der Waals surface area contributed by atoms with Crippen molar-refractivity contribution in [3.05, 3.63) is 28.8 Å². The zero-order chi connectivity index (χ0) is 10.4. The standard InChI is InChI=1S/C10H13ClFNO/c1-13-7-8-4-9(11)6-10(5-8)14-3-2-12/h4-6,13H,2-3,7H2,1H3. The molecule has 0 amide bonds. The van der Waals surface area contributed by atoms with Crippen LogP contribution in [0.25, 0.3) is 0 Å². The van der Waals surface area contributed by atoms with Crippen LogP contribution < -0.4 is 10.1 Å². The molecule has 1 aromatic rings. The van der Waals surface area contributed by atoms with E-state index < -0.39 is 6.67 Å². The Bertz CT molecular complexity index is 293. The maximum atomic E-state index is 11.9. The van der Waals surface area contributed by atoms with Crippen molar-refractivity contribution in [3.8, 4) is 5.75 Å². The second-order valence-corrected chi connectivity index (χ2v) is 3.30. The predicted molar refractivity (Wildman–Crippen MR) is 55.7 cm³/mol. The van der Waals surface area contributed by atoms with Crippen molar-refractivity contribution in [2.45, 2.75) is 6.54 Å². The van der Waals surface area contributed by atoms with Crippen molar-refractivity contribution in [1.29, 1.82) is 0 Å². The number of hydrogen-bond donors (Lipinski definition) is 1. The third-order valence-corrected chi connectivity index (χ3v) is 1.88. The van der Waals surface area contributed by atoms with E-state index in [0.29, 0.717) is 17.3 Å². The SMILES string of the molecule is CNCc1cc(Cl)cc(OCCF)c1. The molecule has 4 heteroatoms. The minimum atomic E-state index is -0.492. The molecule has 1 N–H and O–H groups in total. The van der Waals surface area contributed by atoms with E-state index in [1.807, 2.05) is 19.2 Å². The lowest BCUT2D eigenvalue weighted by Crippen LogP contribution is -2.05. The largest absolute Gasteiger partial charge is 0.491 e. The van der Waals surface area contributed by atoms with Gasteiger partial charge in [-0.3, -0.25) is 0 Å². The van der Waals surface area contributed by atoms with E-state index in [9.17, 15) is 4.39 Å². The first kappa shape index (κ1) is 11.3. The Morgan fingerprint density at radius 1 is 1.43 bits per heavy atom. The van der Waals surface area contributed by atoms with Crippen molar-refractivity contribution in [3.63, 3.8) is 0 Å². The maximum absolute atomic E-state index is 11.9. The highest BCUT2D eigenvalue weighted by atomic mass is 35.5. The lowest BCUT2D eigenvalue weighted by molar-refractivity contribution is 0.273. The number of alkyl halides is 1. The molecule has 0 bridgehead atoms. The van der Waals surface area contributed by atoms with E-state index in [-0.39, 0.29) is 6.61 Å². The average Bonchev–Trinajstić information content (AvgIpc) is 2.14. The van der Waals surface area contributed by atoms with Gasteiger partial charge in [-0.25, -0.2) is 4.39 Å². The highest BCUT2D eigenvalue weighted by Crippen LogP contribution is 2.20. The first-order valence-corrected chi connectivity index (χ1v) is 4.77. The second-order valence-electron chi connectivity index (χ2n) is 2.86. The molecule has 0 heterocycles. The van der Waals surface area contributed by atoms with Crippen LogP contribution in [-0.2, 0) is 6.54 Å². The van der Waals surface area contributed by atoms with Crippen molar-refractivity contribution in [2.24, 2.45) is 0 Å². The molecule has 0 aliphatic carbocycles. The Kier molecular flexibility index (Phi) is 4.70. The molecule has 0 aliphatic heterocycles. The van der Waals surface area contributed by atoms with Crippen LogP contribution in [0.1, 0.15) is 5.56 Å². The quantitative estimate of drug-likeness (QED) is 0.818. The van der Waals surface area contributed by atoms with Gasteiger partial charge in [0.05, 0.1) is 0 Å². The molecule has 1 rings (SSSR count). The van der Waals surface area contributed by atoms with E-state index in [2.05, 4.69) is 5.32 Å². The monoisotopic (exact) mass is 217 g/mol. The first-order chi connectivity index (χ1) is 6.76. The summed E-state index contributed by atoms with van der Waals surface area (Å²) in [6.45, 7) is 0.291. The van der Waals surface area contributed by atoms with Gasteiger partial charge in [0, 0.05) is 11.6 Å². The third kappa shape index (κ3) is 3.52. The smallest absolute Gasteiger partial charge is 0.123 e. The van der Waals surface area contributed by atoms with E-state index in [1.54, 1.807) is 6.07 Å². The molecular formula is C10H13ClFNO. The molecule has 14 heavy (non-hydrogen) atoms. The van der Waals surface area contributed by atoms with Crippen LogP contribution in [0.3, 0.4) is 0 Å². The summed E-state index contributed by atoms with van der Waals surface area (Å²) in [5.74, 6) is 0.611. The highest BCUT2D eigenvalue weighted by Gasteiger charge is 2.00. The summed E-state index contributed by atoms with van der Waals surface area (Å²) < 4.78 is 17.0. The van der Waals surface area contributed by atoms with Gasteiger partial charge in [0.25, 0.3) is 0 Å². The lowest BCUT2D eigenvalue weighted by atomic mass is 10.2. The summed E-state index contributed by atoms with van der Waals surface area (Å²) in [4.78, 5) is 0. The molecule has 1 aromatic carbocycles. The Labute approximate surface area is 88.0 Å². The molecule has 0 aliphatic rings. The van der Waals surface area contributed by atoms with Crippen LogP contribution in [0.4, 0.5) is 4.39 Å². The van der Waals surface area contributed by atoms with Crippen LogP contribution in [-0.4, -0.2) is 20.3 Å². The molecular weight excluding hydrogens is 205 g/mol. The van der Waals surface area contributed by atoms with Gasteiger partial charge in [-0.2, -0.15) is 0 Å². The van der Waals surface area contributed by atoms with Gasteiger partial charge in [0.15, 0.2) is 0 Å². The van der Waals surface area contributed by atoms with E-state index in [0.717, 1.165) is 5.56 Å². The molecule has 0 unspecified atom stereocenters. The molecule has 0 saturated carbocycles. The molecule has 2 nitrogen and oxygen atoms in total. The summed E-state index contributed by atoms with van der Waals surface area (Å²) >= 11 is 5.86. The average molecular weight is 218 g/mol. The van der Waals surface area contributed by atoms with Crippen LogP contribution in [0.5, 0.6) is 5.75 Å². The molecule has 0 spiro atoms. The van der Waals surface area contributed by atoms with E-state index >= 15 is 0 Å². The zero-order valence-electron chi connectivity index (χ0n) is 8.02. The maximum Gasteiger partial charge on any atom is 0.123 e. The Balaban J connectivity index is 2.73. The summed E-state index contributed by atoms with van der Waals surface area (Å²) in [5, 5.41) is 3.61. The van der Waals surface area contributed by atoms with Crippen LogP contribution in [0.15, 0.2) is 18.2 Å². The van der Waals surface area contributed by atoms with Gasteiger partial charge in [-0.1, -0.05) is 11.6 Å². The fourth-order valence-electron chi connectivity index (χ4n) is 1.17. The van der Waals surface area contributed by atoms with E-state index in [1.165, 1.54) is 0 Å². The Morgan fingerprint density at radius 2 is 2.21 bits per heavy atom. The molecule has 78 valence electrons. The van der Waals surface area contributed by atoms with Crippen molar-refractivity contribution in [2.75, 3.05) is 20.3 Å². The molecule has 0 aromatic heterocycles. The number of rotatable bonds is 5. The van der Waals surface area contributed by atoms with Gasteiger partial charge in [-0.15, -0.1) is 0 Å². The fraction of sp³-hybridized carbons (Fsp3) is 0.400. The number of benzene rings is 1. The molecule has 0 saturated heterocycles. The van der Waals surface area contributed by atoms with Gasteiger partial charge in [0.1, 0.15) is 19.0 Å². The van der Waals surface area contributed by atoms with Crippen LogP contribution >= 0.6 is 11.6 Å². The molecule has 0 atom stereocenters. The van der Waals surface area contributed by atoms with Gasteiger partial charge in [-0.05, 0) is 30.8 Å². The summed E-state index contributed by atoms with van der Waals surface area (Å²) in [5.41, 5.74) is 1.02. The lowest BCUT2D eigenvalue weighted by Gasteiger charge is -2.07. The summed E-state index contributed by atoms with van der Waals surface area (Å²) in [7, 11) is 1.85. The molecule has 0 fully saturated rings. The van der Waals surface area contributed by atoms with Crippen molar-refractivity contribution >= 4 is 11.6 Å². The number of hydrogen-bond acceptors (Lipinski definition) is 2. The van der Waals surface area contributed by atoms with Gasteiger partial charge < -0.3 is 10.1 Å². The third-order valence-electron chi connectivity index (χ3n) is 1.66. The highest BCUT2D eigenvalue weighted by molar-refractivity contribution is 6.30. The topological polar surface area (TPSA) is 21.3 Å². The Morgan fingerprint density at radius 3 is 2.86 bits per heavy atom. The fourth-order valence-corrected chi connectivity index (χ4v) is 1.41. The van der Waals surface area contributed by atoms with Crippen LogP contribution in [0, 0.1) is 0 Å². The minimum absolute atomic E-state index is 0.0688. The van der Waals surface area contributed by atoms with Crippen LogP contribution in [0.2, 0.25) is 5.02 Å². The summed E-state index contributed by atoms with van der Waals surface area (Å²) in [6.07, 6.45) is 0. The number of halogens is 2. The normalized spacial score (nSPS) is 10.2. The van der Waals surface area contributed by atoms with Gasteiger partial charge in [0.2, 0.25) is 0 Å². The number of nitrogens with one attached hydrogen (secondary N) is 1. The number of ether oxygens (including phenoxy) is 1. The Hall–Kier alpha value is -0.800. The second kappa shape index (κ2) is 5.83. The van der Waals surface area contributed by atoms with Crippen molar-refractivity contribution < 1.29 is 9.13 Å². The van der Waals surface area contributed by atoms with E-state index in [4.69, 9.17) is 16.3 Å². The van der Waals surface area contributed by atoms with Crippen molar-refractivity contribution in [1.82, 2.24) is 5.32 Å².